The maximum Gasteiger partial charge on any atom is 0.330 e. The molecule has 2 amide bonds. The molecule has 21 heavy (non-hydrogen) atoms. The molecule has 1 aromatic carbocycles. The fourth-order valence-electron chi connectivity index (χ4n) is 1.85. The number of aromatic nitrogens is 1. The molecular weight excluding hydrogens is 270 g/mol. The molecule has 1 atom stereocenters. The van der Waals surface area contributed by atoms with Crippen molar-refractivity contribution in [2.45, 2.75) is 13.0 Å². The van der Waals surface area contributed by atoms with Gasteiger partial charge in [0.25, 0.3) is 0 Å². The van der Waals surface area contributed by atoms with E-state index in [1.165, 1.54) is 6.20 Å². The van der Waals surface area contributed by atoms with Crippen LogP contribution in [0.5, 0.6) is 0 Å². The van der Waals surface area contributed by atoms with E-state index >= 15 is 0 Å². The first-order chi connectivity index (χ1) is 10.1. The van der Waals surface area contributed by atoms with Crippen molar-refractivity contribution in [2.75, 3.05) is 5.32 Å². The summed E-state index contributed by atoms with van der Waals surface area (Å²) in [6.07, 6.45) is 3.15. The van der Waals surface area contributed by atoms with Gasteiger partial charge in [-0.3, -0.25) is 4.98 Å². The molecule has 0 fully saturated rings. The zero-order chi connectivity index (χ0) is 15.2. The van der Waals surface area contributed by atoms with Gasteiger partial charge < -0.3 is 15.7 Å². The molecule has 1 heterocycles. The summed E-state index contributed by atoms with van der Waals surface area (Å²) in [5.41, 5.74) is 1.90. The number of carbonyl (C=O) groups is 2. The van der Waals surface area contributed by atoms with E-state index < -0.39 is 18.0 Å². The Labute approximate surface area is 121 Å². The van der Waals surface area contributed by atoms with Gasteiger partial charge in [0.05, 0.1) is 11.9 Å². The number of rotatable bonds is 4. The smallest absolute Gasteiger partial charge is 0.330 e. The van der Waals surface area contributed by atoms with Gasteiger partial charge in [0.15, 0.2) is 6.04 Å². The monoisotopic (exact) mass is 285 g/mol. The third kappa shape index (κ3) is 4.04. The second-order valence-electron chi connectivity index (χ2n) is 4.53. The minimum Gasteiger partial charge on any atom is -0.479 e. The van der Waals surface area contributed by atoms with Gasteiger partial charge in [0.2, 0.25) is 0 Å². The lowest BCUT2D eigenvalue weighted by molar-refractivity contribution is -0.139. The summed E-state index contributed by atoms with van der Waals surface area (Å²) < 4.78 is 0. The molecule has 0 saturated carbocycles. The van der Waals surface area contributed by atoms with Gasteiger partial charge in [-0.2, -0.15) is 0 Å². The molecule has 0 aliphatic heterocycles. The summed E-state index contributed by atoms with van der Waals surface area (Å²) in [7, 11) is 0. The van der Waals surface area contributed by atoms with Crippen LogP contribution in [0.1, 0.15) is 17.2 Å². The van der Waals surface area contributed by atoms with E-state index in [4.69, 9.17) is 0 Å². The van der Waals surface area contributed by atoms with Gasteiger partial charge in [-0.1, -0.05) is 30.3 Å². The van der Waals surface area contributed by atoms with Gasteiger partial charge in [-0.15, -0.1) is 0 Å². The highest BCUT2D eigenvalue weighted by Crippen LogP contribution is 2.13. The molecule has 108 valence electrons. The number of anilines is 1. The number of nitrogens with one attached hydrogen (secondary N) is 2. The Bertz CT molecular complexity index is 644. The number of carboxylic acids is 1. The van der Waals surface area contributed by atoms with Crippen molar-refractivity contribution in [3.8, 4) is 0 Å². The fourth-order valence-corrected chi connectivity index (χ4v) is 1.85. The largest absolute Gasteiger partial charge is 0.479 e. The number of amides is 2. The standard InChI is InChI=1S/C15H15N3O3/c1-10-7-12(9-16-8-10)17-15(21)18-13(14(19)20)11-5-3-2-4-6-11/h2-9,13H,1H3,(H,19,20)(H2,17,18,21)/t13-/m0/s1. The third-order valence-electron chi connectivity index (χ3n) is 2.79. The number of urea groups is 1. The van der Waals surface area contributed by atoms with E-state index in [2.05, 4.69) is 15.6 Å². The molecule has 0 aliphatic carbocycles. The van der Waals surface area contributed by atoms with Crippen LogP contribution in [0, 0.1) is 6.92 Å². The summed E-state index contributed by atoms with van der Waals surface area (Å²) in [6.45, 7) is 1.85. The van der Waals surface area contributed by atoms with Crippen molar-refractivity contribution in [1.82, 2.24) is 10.3 Å². The van der Waals surface area contributed by atoms with E-state index in [0.717, 1.165) is 5.56 Å². The second-order valence-corrected chi connectivity index (χ2v) is 4.53. The normalized spacial score (nSPS) is 11.5. The molecule has 0 radical (unpaired) electrons. The molecule has 3 N–H and O–H groups in total. The Morgan fingerprint density at radius 1 is 1.19 bits per heavy atom. The zero-order valence-electron chi connectivity index (χ0n) is 11.4. The summed E-state index contributed by atoms with van der Waals surface area (Å²) in [4.78, 5) is 27.1. The number of pyridine rings is 1. The topological polar surface area (TPSA) is 91.3 Å². The Morgan fingerprint density at radius 3 is 2.52 bits per heavy atom. The van der Waals surface area contributed by atoms with Crippen molar-refractivity contribution < 1.29 is 14.7 Å². The molecular formula is C15H15N3O3. The van der Waals surface area contributed by atoms with E-state index in [0.29, 0.717) is 11.3 Å². The number of nitrogens with zero attached hydrogens (tertiary/aromatic N) is 1. The van der Waals surface area contributed by atoms with Crippen LogP contribution in [0.15, 0.2) is 48.8 Å². The van der Waals surface area contributed by atoms with Crippen LogP contribution < -0.4 is 10.6 Å². The first-order valence-corrected chi connectivity index (χ1v) is 6.33. The molecule has 0 spiro atoms. The zero-order valence-corrected chi connectivity index (χ0v) is 11.4. The van der Waals surface area contributed by atoms with E-state index in [1.807, 2.05) is 6.92 Å². The van der Waals surface area contributed by atoms with E-state index in [9.17, 15) is 14.7 Å². The van der Waals surface area contributed by atoms with Crippen LogP contribution in [0.4, 0.5) is 10.5 Å². The van der Waals surface area contributed by atoms with Gasteiger partial charge >= 0.3 is 12.0 Å². The van der Waals surface area contributed by atoms with Gasteiger partial charge in [-0.25, -0.2) is 9.59 Å². The van der Waals surface area contributed by atoms with E-state index in [-0.39, 0.29) is 0 Å². The lowest BCUT2D eigenvalue weighted by Crippen LogP contribution is -2.36. The highest BCUT2D eigenvalue weighted by molar-refractivity contribution is 5.92. The molecule has 0 saturated heterocycles. The highest BCUT2D eigenvalue weighted by Gasteiger charge is 2.21. The molecule has 0 bridgehead atoms. The van der Waals surface area contributed by atoms with Gasteiger partial charge in [-0.05, 0) is 24.1 Å². The van der Waals surface area contributed by atoms with Crippen molar-refractivity contribution in [3.63, 3.8) is 0 Å². The van der Waals surface area contributed by atoms with Crippen LogP contribution >= 0.6 is 0 Å². The predicted molar refractivity (Wildman–Crippen MR) is 77.9 cm³/mol. The summed E-state index contributed by atoms with van der Waals surface area (Å²) in [6, 6.07) is 8.54. The first kappa shape index (κ1) is 14.5. The molecule has 6 nitrogen and oxygen atoms in total. The molecule has 6 heteroatoms. The van der Waals surface area contributed by atoms with Gasteiger partial charge in [0, 0.05) is 6.20 Å². The first-order valence-electron chi connectivity index (χ1n) is 6.33. The second kappa shape index (κ2) is 6.51. The van der Waals surface area contributed by atoms with Crippen molar-refractivity contribution in [3.05, 3.63) is 59.9 Å². The van der Waals surface area contributed by atoms with Crippen LogP contribution in [0.2, 0.25) is 0 Å². The lowest BCUT2D eigenvalue weighted by atomic mass is 10.1. The van der Waals surface area contributed by atoms with Crippen LogP contribution in [-0.2, 0) is 4.79 Å². The van der Waals surface area contributed by atoms with Crippen molar-refractivity contribution in [1.29, 1.82) is 0 Å². The number of benzene rings is 1. The number of aliphatic carboxylic acids is 1. The highest BCUT2D eigenvalue weighted by atomic mass is 16.4. The minimum atomic E-state index is -1.13. The van der Waals surface area contributed by atoms with E-state index in [1.54, 1.807) is 42.6 Å². The average Bonchev–Trinajstić information content (AvgIpc) is 2.45. The summed E-state index contributed by atoms with van der Waals surface area (Å²) in [5, 5.41) is 14.2. The van der Waals surface area contributed by atoms with Gasteiger partial charge in [0.1, 0.15) is 0 Å². The Hall–Kier alpha value is -2.89. The summed E-state index contributed by atoms with van der Waals surface area (Å²) >= 11 is 0. The SMILES string of the molecule is Cc1cncc(NC(=O)N[C@H](C(=O)O)c2ccccc2)c1. The quantitative estimate of drug-likeness (QED) is 0.804. The maximum absolute atomic E-state index is 11.9. The Balaban J connectivity index is 2.07. The lowest BCUT2D eigenvalue weighted by Gasteiger charge is -2.15. The number of hydrogen-bond donors (Lipinski definition) is 3. The number of carboxylic acid groups (broad SMARTS) is 1. The maximum atomic E-state index is 11.9. The van der Waals surface area contributed by atoms with Crippen LogP contribution in [-0.4, -0.2) is 22.1 Å². The molecule has 1 aromatic heterocycles. The minimum absolute atomic E-state index is 0.502. The Morgan fingerprint density at radius 2 is 1.90 bits per heavy atom. The molecule has 0 aliphatic rings. The molecule has 2 aromatic rings. The molecule has 0 unspecified atom stereocenters. The number of aryl methyl sites for hydroxylation is 1. The number of hydrogen-bond acceptors (Lipinski definition) is 3. The average molecular weight is 285 g/mol. The third-order valence-corrected chi connectivity index (χ3v) is 2.79. The molecule has 2 rings (SSSR count). The van der Waals surface area contributed by atoms with Crippen molar-refractivity contribution in [2.24, 2.45) is 0 Å². The van der Waals surface area contributed by atoms with Crippen molar-refractivity contribution >= 4 is 17.7 Å². The van der Waals surface area contributed by atoms with Crippen LogP contribution in [0.3, 0.4) is 0 Å². The summed E-state index contributed by atoms with van der Waals surface area (Å²) in [5.74, 6) is -1.13. The number of carbonyl (C=O) groups excluding carboxylic acids is 1. The Kier molecular flexibility index (Phi) is 4.50. The predicted octanol–water partition coefficient (Wildman–Crippen LogP) is 2.34. The van der Waals surface area contributed by atoms with Crippen LogP contribution in [0.25, 0.3) is 0 Å². The fraction of sp³-hybridized carbons (Fsp3) is 0.133.